The molecule has 5 nitrogen and oxygen atoms in total. The lowest BCUT2D eigenvalue weighted by Crippen LogP contribution is -3.15. The van der Waals surface area contributed by atoms with Gasteiger partial charge in [0.2, 0.25) is 5.91 Å². The molecule has 0 bridgehead atoms. The van der Waals surface area contributed by atoms with Gasteiger partial charge >= 0.3 is 0 Å². The molecule has 1 saturated heterocycles. The van der Waals surface area contributed by atoms with E-state index in [4.69, 9.17) is 0 Å². The number of carbonyl (C=O) groups excluding carboxylic acids is 2. The Morgan fingerprint density at radius 3 is 1.83 bits per heavy atom. The number of nitrogens with zero attached hydrogens (tertiary/aromatic N) is 1. The highest BCUT2D eigenvalue weighted by atomic mass is 16.4. The van der Waals surface area contributed by atoms with Crippen molar-refractivity contribution in [1.82, 2.24) is 4.90 Å². The lowest BCUT2D eigenvalue weighted by Gasteiger charge is -2.40. The average Bonchev–Trinajstić information content (AvgIpc) is 2.81. The van der Waals surface area contributed by atoms with Gasteiger partial charge in [0.1, 0.15) is 6.04 Å². The van der Waals surface area contributed by atoms with Gasteiger partial charge in [-0.25, -0.2) is 0 Å². The SMILES string of the molecule is O=C([O-])[C@H]1CCCC[C@H]1C(=O)N1CC[NH+](C(c2ccccc2)c2ccccc2)CC1. The molecule has 2 aliphatic rings. The fourth-order valence-electron chi connectivity index (χ4n) is 5.20. The van der Waals surface area contributed by atoms with E-state index >= 15 is 0 Å². The summed E-state index contributed by atoms with van der Waals surface area (Å²) >= 11 is 0. The summed E-state index contributed by atoms with van der Waals surface area (Å²) in [4.78, 5) is 28.0. The minimum absolute atomic E-state index is 0.0129. The van der Waals surface area contributed by atoms with Crippen molar-refractivity contribution in [2.45, 2.75) is 31.7 Å². The Bertz CT molecular complexity index is 808. The third-order valence-corrected chi connectivity index (χ3v) is 6.78. The summed E-state index contributed by atoms with van der Waals surface area (Å²) in [5.41, 5.74) is 2.56. The second-order valence-electron chi connectivity index (χ2n) is 8.55. The molecule has 2 atom stereocenters. The second-order valence-corrected chi connectivity index (χ2v) is 8.55. The molecular formula is C25H30N2O3. The topological polar surface area (TPSA) is 64.9 Å². The van der Waals surface area contributed by atoms with Crippen molar-refractivity contribution in [3.05, 3.63) is 71.8 Å². The Hall–Kier alpha value is -2.66. The second kappa shape index (κ2) is 9.43. The highest BCUT2D eigenvalue weighted by molar-refractivity contribution is 5.84. The molecule has 1 N–H and O–H groups in total. The zero-order chi connectivity index (χ0) is 20.9. The van der Waals surface area contributed by atoms with E-state index in [0.29, 0.717) is 25.9 Å². The number of carboxylic acids is 1. The molecule has 1 aliphatic carbocycles. The standard InChI is InChI=1S/C25H30N2O3/c28-24(21-13-7-8-14-22(21)25(29)30)27-17-15-26(16-18-27)23(19-9-3-1-4-10-19)20-11-5-2-6-12-20/h1-6,9-12,21-23H,7-8,13-18H2,(H,29,30)/t21-,22+/m1/s1. The van der Waals surface area contributed by atoms with E-state index in [1.54, 1.807) is 0 Å². The van der Waals surface area contributed by atoms with Crippen LogP contribution in [0.2, 0.25) is 0 Å². The van der Waals surface area contributed by atoms with Crippen molar-refractivity contribution < 1.29 is 19.6 Å². The van der Waals surface area contributed by atoms with Crippen molar-refractivity contribution in [3.8, 4) is 0 Å². The molecule has 0 aromatic heterocycles. The van der Waals surface area contributed by atoms with Crippen LogP contribution in [0.4, 0.5) is 0 Å². The fourth-order valence-corrected chi connectivity index (χ4v) is 5.20. The number of rotatable bonds is 5. The Morgan fingerprint density at radius 1 is 0.833 bits per heavy atom. The van der Waals surface area contributed by atoms with E-state index in [1.165, 1.54) is 16.0 Å². The van der Waals surface area contributed by atoms with Gasteiger partial charge in [-0.05, 0) is 12.8 Å². The first kappa shape index (κ1) is 20.6. The van der Waals surface area contributed by atoms with Crippen LogP contribution < -0.4 is 10.0 Å². The van der Waals surface area contributed by atoms with Gasteiger partial charge in [-0.3, -0.25) is 4.79 Å². The molecule has 4 rings (SSSR count). The first-order chi connectivity index (χ1) is 14.6. The molecule has 30 heavy (non-hydrogen) atoms. The smallest absolute Gasteiger partial charge is 0.226 e. The third kappa shape index (κ3) is 4.41. The molecule has 0 radical (unpaired) electrons. The predicted molar refractivity (Wildman–Crippen MR) is 112 cm³/mol. The summed E-state index contributed by atoms with van der Waals surface area (Å²) < 4.78 is 0. The number of benzene rings is 2. The van der Waals surface area contributed by atoms with Gasteiger partial charge in [-0.15, -0.1) is 0 Å². The molecule has 2 aromatic carbocycles. The van der Waals surface area contributed by atoms with E-state index < -0.39 is 17.8 Å². The number of hydrogen-bond acceptors (Lipinski definition) is 3. The van der Waals surface area contributed by atoms with Crippen LogP contribution >= 0.6 is 0 Å². The van der Waals surface area contributed by atoms with Crippen LogP contribution in [0.3, 0.4) is 0 Å². The maximum Gasteiger partial charge on any atom is 0.226 e. The normalized spacial score (nSPS) is 22.8. The number of hydrogen-bond donors (Lipinski definition) is 1. The van der Waals surface area contributed by atoms with Crippen LogP contribution in [0.1, 0.15) is 42.9 Å². The van der Waals surface area contributed by atoms with E-state index in [1.807, 2.05) is 17.0 Å². The number of aliphatic carboxylic acids is 1. The van der Waals surface area contributed by atoms with Gasteiger partial charge in [0.25, 0.3) is 0 Å². The van der Waals surface area contributed by atoms with Crippen LogP contribution in [0.5, 0.6) is 0 Å². The van der Waals surface area contributed by atoms with Crippen LogP contribution in [0.25, 0.3) is 0 Å². The Morgan fingerprint density at radius 2 is 1.33 bits per heavy atom. The molecule has 1 heterocycles. The van der Waals surface area contributed by atoms with Crippen molar-refractivity contribution in [1.29, 1.82) is 0 Å². The maximum absolute atomic E-state index is 13.1. The monoisotopic (exact) mass is 406 g/mol. The van der Waals surface area contributed by atoms with Crippen LogP contribution in [-0.4, -0.2) is 43.0 Å². The molecule has 2 fully saturated rings. The van der Waals surface area contributed by atoms with Gasteiger partial charge in [-0.1, -0.05) is 73.5 Å². The van der Waals surface area contributed by atoms with Crippen molar-refractivity contribution in [2.75, 3.05) is 26.2 Å². The Kier molecular flexibility index (Phi) is 6.48. The van der Waals surface area contributed by atoms with Gasteiger partial charge in [0, 0.05) is 28.9 Å². The molecular weight excluding hydrogens is 376 g/mol. The highest BCUT2D eigenvalue weighted by Gasteiger charge is 2.37. The average molecular weight is 407 g/mol. The van der Waals surface area contributed by atoms with Crippen LogP contribution in [0, 0.1) is 11.8 Å². The number of amides is 1. The predicted octanol–water partition coefficient (Wildman–Crippen LogP) is 1.06. The zero-order valence-electron chi connectivity index (χ0n) is 17.3. The Balaban J connectivity index is 1.47. The van der Waals surface area contributed by atoms with E-state index in [0.717, 1.165) is 25.9 Å². The van der Waals surface area contributed by atoms with Gasteiger partial charge in [0.05, 0.1) is 26.2 Å². The Labute approximate surface area is 178 Å². The zero-order valence-corrected chi connectivity index (χ0v) is 17.3. The number of nitrogens with one attached hydrogen (secondary N) is 1. The molecule has 1 amide bonds. The van der Waals surface area contributed by atoms with Crippen molar-refractivity contribution in [3.63, 3.8) is 0 Å². The largest absolute Gasteiger partial charge is 0.550 e. The summed E-state index contributed by atoms with van der Waals surface area (Å²) in [6, 6.07) is 21.3. The van der Waals surface area contributed by atoms with Crippen molar-refractivity contribution in [2.24, 2.45) is 11.8 Å². The molecule has 0 unspecified atom stereocenters. The molecule has 1 saturated carbocycles. The lowest BCUT2D eigenvalue weighted by atomic mass is 9.78. The summed E-state index contributed by atoms with van der Waals surface area (Å²) in [5, 5.41) is 11.5. The van der Waals surface area contributed by atoms with Gasteiger partial charge in [0.15, 0.2) is 0 Å². The summed E-state index contributed by atoms with van der Waals surface area (Å²) in [6.07, 6.45) is 3.03. The quantitative estimate of drug-likeness (QED) is 0.808. The molecule has 5 heteroatoms. The van der Waals surface area contributed by atoms with E-state index in [9.17, 15) is 14.7 Å². The molecule has 158 valence electrons. The van der Waals surface area contributed by atoms with E-state index in [-0.39, 0.29) is 11.9 Å². The molecule has 0 spiro atoms. The van der Waals surface area contributed by atoms with Gasteiger partial charge in [-0.2, -0.15) is 0 Å². The summed E-state index contributed by atoms with van der Waals surface area (Å²) in [7, 11) is 0. The summed E-state index contributed by atoms with van der Waals surface area (Å²) in [5.74, 6) is -2.09. The van der Waals surface area contributed by atoms with E-state index in [2.05, 4.69) is 48.5 Å². The highest BCUT2D eigenvalue weighted by Crippen LogP contribution is 2.31. The van der Waals surface area contributed by atoms with Gasteiger partial charge < -0.3 is 19.7 Å². The summed E-state index contributed by atoms with van der Waals surface area (Å²) in [6.45, 7) is 3.03. The first-order valence-electron chi connectivity index (χ1n) is 11.1. The number of piperazine rings is 1. The lowest BCUT2D eigenvalue weighted by molar-refractivity contribution is -0.929. The maximum atomic E-state index is 13.1. The fraction of sp³-hybridized carbons (Fsp3) is 0.440. The third-order valence-electron chi connectivity index (χ3n) is 6.78. The molecule has 2 aromatic rings. The number of carboxylic acid groups (broad SMARTS) is 1. The van der Waals surface area contributed by atoms with Crippen LogP contribution in [0.15, 0.2) is 60.7 Å². The minimum Gasteiger partial charge on any atom is -0.550 e. The minimum atomic E-state index is -1.06. The van der Waals surface area contributed by atoms with Crippen molar-refractivity contribution >= 4 is 11.9 Å². The van der Waals surface area contributed by atoms with Crippen LogP contribution in [-0.2, 0) is 9.59 Å². The number of quaternary nitrogens is 1. The molecule has 1 aliphatic heterocycles. The number of carbonyl (C=O) groups is 2. The first-order valence-corrected chi connectivity index (χ1v) is 11.1.